The van der Waals surface area contributed by atoms with Gasteiger partial charge in [0.1, 0.15) is 89.6 Å². The molecule has 3 aliphatic rings. The summed E-state index contributed by atoms with van der Waals surface area (Å²) in [6.07, 6.45) is -18.1. The van der Waals surface area contributed by atoms with Gasteiger partial charge < -0.3 is 87.2 Å². The minimum Gasteiger partial charge on any atom is -0.392 e. The molecule has 0 unspecified atom stereocenters. The predicted octanol–water partition coefficient (Wildman–Crippen LogP) is -4.44. The topological polar surface area (TPSA) is 331 Å². The van der Waals surface area contributed by atoms with Crippen molar-refractivity contribution in [1.29, 1.82) is 0 Å². The number of ether oxygens (including phenoxy) is 3. The SMILES string of the molecule is CS[C@H]1O[C@H]([C@H](N)[C@@H](C)O)[C@H](O)[C@H](O)[C@H]1O.CS[C@H]1O[C@H]([C@H](N)[C@H](C)Cl)[C@H](O)[C@H](O)[C@H]1O.CS[C@H]1O[C@H]([C@H](NC(=O)C(F)(F)F)[C@@H](C)O)[C@H](O)[C@H](O)[C@H]1O. The highest BCUT2D eigenvalue weighted by Gasteiger charge is 2.51. The number of carbonyl (C=O) groups excluding carboxylic acids is 1. The van der Waals surface area contributed by atoms with E-state index in [0.717, 1.165) is 18.7 Å². The Bertz CT molecular complexity index is 1070. The molecule has 3 saturated heterocycles. The van der Waals surface area contributed by atoms with Crippen LogP contribution in [0.4, 0.5) is 13.2 Å². The number of hydrogen-bond donors (Lipinski definition) is 14. The zero-order valence-electron chi connectivity index (χ0n) is 30.1. The normalized spacial score (nSPS) is 40.7. The molecule has 54 heavy (non-hydrogen) atoms. The minimum absolute atomic E-state index is 0.399. The lowest BCUT2D eigenvalue weighted by molar-refractivity contribution is -0.214. The summed E-state index contributed by atoms with van der Waals surface area (Å²) in [6, 6.07) is -3.04. The Balaban J connectivity index is 0.000000413. The third kappa shape index (κ3) is 13.5. The monoisotopic (exact) mass is 873 g/mol. The van der Waals surface area contributed by atoms with Crippen LogP contribution in [-0.4, -0.2) is 212 Å². The van der Waals surface area contributed by atoms with Gasteiger partial charge in [-0.2, -0.15) is 13.2 Å². The highest BCUT2D eigenvalue weighted by Crippen LogP contribution is 2.32. The number of amides is 1. The Labute approximate surface area is 328 Å². The number of halogens is 4. The number of nitrogens with one attached hydrogen (secondary N) is 1. The van der Waals surface area contributed by atoms with Gasteiger partial charge in [0.25, 0.3) is 0 Å². The van der Waals surface area contributed by atoms with Gasteiger partial charge in [0.2, 0.25) is 0 Å². The number of hydrogen-bond acceptors (Lipinski definition) is 20. The van der Waals surface area contributed by atoms with E-state index >= 15 is 0 Å². The maximum absolute atomic E-state index is 12.3. The van der Waals surface area contributed by atoms with E-state index in [9.17, 15) is 74.1 Å². The maximum atomic E-state index is 12.3. The van der Waals surface area contributed by atoms with E-state index in [-0.39, 0.29) is 0 Å². The first-order valence-electron chi connectivity index (χ1n) is 16.4. The zero-order valence-corrected chi connectivity index (χ0v) is 33.3. The van der Waals surface area contributed by atoms with Gasteiger partial charge in [0.05, 0.1) is 24.3 Å². The van der Waals surface area contributed by atoms with Crippen LogP contribution in [0.3, 0.4) is 0 Å². The molecular formula is C29H55ClF3N3O15S3. The number of aliphatic hydroxyl groups is 11. The number of alkyl halides is 4. The first-order chi connectivity index (χ1) is 24.8. The van der Waals surface area contributed by atoms with Gasteiger partial charge >= 0.3 is 12.1 Å². The van der Waals surface area contributed by atoms with Crippen molar-refractivity contribution in [2.24, 2.45) is 11.5 Å². The molecule has 21 atom stereocenters. The second-order valence-electron chi connectivity index (χ2n) is 12.8. The van der Waals surface area contributed by atoms with Crippen LogP contribution in [0.2, 0.25) is 0 Å². The highest BCUT2D eigenvalue weighted by atomic mass is 35.5. The zero-order chi connectivity index (χ0) is 42.2. The predicted molar refractivity (Wildman–Crippen MR) is 193 cm³/mol. The van der Waals surface area contributed by atoms with Gasteiger partial charge in [0.15, 0.2) is 0 Å². The van der Waals surface area contributed by atoms with E-state index in [0.29, 0.717) is 0 Å². The summed E-state index contributed by atoms with van der Waals surface area (Å²) in [6.45, 7) is 4.27. The summed E-state index contributed by atoms with van der Waals surface area (Å²) in [5.41, 5.74) is 9.16. The van der Waals surface area contributed by atoms with E-state index in [4.69, 9.17) is 37.3 Å². The molecule has 0 bridgehead atoms. The number of thioether (sulfide) groups is 3. The molecule has 0 radical (unpaired) electrons. The van der Waals surface area contributed by atoms with Crippen molar-refractivity contribution >= 4 is 52.8 Å². The van der Waals surface area contributed by atoms with Crippen LogP contribution in [0.5, 0.6) is 0 Å². The first-order valence-corrected chi connectivity index (χ1v) is 20.7. The molecule has 3 aliphatic heterocycles. The van der Waals surface area contributed by atoms with Gasteiger partial charge in [-0.3, -0.25) is 4.79 Å². The number of aliphatic hydroxyl groups excluding tert-OH is 11. The van der Waals surface area contributed by atoms with Crippen molar-refractivity contribution in [1.82, 2.24) is 5.32 Å². The van der Waals surface area contributed by atoms with Crippen molar-refractivity contribution in [2.75, 3.05) is 18.8 Å². The summed E-state index contributed by atoms with van der Waals surface area (Å²) < 4.78 is 53.0. The molecule has 0 saturated carbocycles. The average molecular weight is 874 g/mol. The lowest BCUT2D eigenvalue weighted by atomic mass is 9.92. The molecule has 3 rings (SSSR count). The second kappa shape index (κ2) is 22.9. The second-order valence-corrected chi connectivity index (χ2v) is 16.3. The molecule has 0 aromatic rings. The van der Waals surface area contributed by atoms with E-state index < -0.39 is 137 Å². The fraction of sp³-hybridized carbons (Fsp3) is 0.966. The molecule has 0 aromatic carbocycles. The minimum atomic E-state index is -5.18. The average Bonchev–Trinajstić information content (AvgIpc) is 3.11. The van der Waals surface area contributed by atoms with Gasteiger partial charge in [-0.15, -0.1) is 46.9 Å². The van der Waals surface area contributed by atoms with Gasteiger partial charge in [-0.25, -0.2) is 0 Å². The van der Waals surface area contributed by atoms with Crippen LogP contribution in [0, 0.1) is 0 Å². The van der Waals surface area contributed by atoms with Crippen LogP contribution in [-0.2, 0) is 19.0 Å². The molecule has 3 fully saturated rings. The lowest BCUT2D eigenvalue weighted by Gasteiger charge is -2.43. The van der Waals surface area contributed by atoms with Crippen molar-refractivity contribution in [3.8, 4) is 0 Å². The van der Waals surface area contributed by atoms with Gasteiger partial charge in [-0.05, 0) is 39.5 Å². The molecule has 3 heterocycles. The highest BCUT2D eigenvalue weighted by molar-refractivity contribution is 7.99. The summed E-state index contributed by atoms with van der Waals surface area (Å²) in [7, 11) is 0. The third-order valence-electron chi connectivity index (χ3n) is 8.79. The standard InChI is InChI=1S/C11H18F3NO6S.C9H18ClNO4S.C9H19NO5S/c1-3(16)4(15-10(20)11(12,13)14)8-6(18)5(17)7(19)9(21-8)22-2;1-3(10)4(11)8-6(13)5(12)7(14)9(15-8)16-2;1-3(11)4(10)8-6(13)5(12)7(14)9(15-8)16-2/h3-9,16-19H,1-2H3,(H,15,20);3-9,12-14H,11H2,1-2H3;3-9,11-14H,10H2,1-2H3/t3-,4-,5+,6-,7-,8-,9-;3-,4+,5-,6+,7+,8+,9+;3-,4-,5+,6-,7-,8-,9-/m101/s1. The fourth-order valence-corrected chi connectivity index (χ4v) is 7.57. The number of nitrogens with two attached hydrogens (primary N) is 2. The quantitative estimate of drug-likeness (QED) is 0.0921. The Morgan fingerprint density at radius 3 is 1.20 bits per heavy atom. The smallest absolute Gasteiger partial charge is 0.392 e. The number of carbonyl (C=O) groups is 1. The molecule has 18 nitrogen and oxygen atoms in total. The van der Waals surface area contributed by atoms with E-state index in [1.165, 1.54) is 42.0 Å². The fourth-order valence-electron chi connectivity index (χ4n) is 5.38. The first kappa shape index (κ1) is 52.0. The van der Waals surface area contributed by atoms with Crippen molar-refractivity contribution in [3.63, 3.8) is 0 Å². The summed E-state index contributed by atoms with van der Waals surface area (Å²) in [5.74, 6) is -2.31. The molecule has 16 N–H and O–H groups in total. The van der Waals surface area contributed by atoms with Gasteiger partial charge in [-0.1, -0.05) is 0 Å². The van der Waals surface area contributed by atoms with Gasteiger partial charge in [0, 0.05) is 11.4 Å². The Morgan fingerprint density at radius 2 is 0.926 bits per heavy atom. The Kier molecular flexibility index (Phi) is 22.1. The summed E-state index contributed by atoms with van der Waals surface area (Å²) in [4.78, 5) is 11.0. The van der Waals surface area contributed by atoms with E-state index in [1.54, 1.807) is 19.4 Å². The largest absolute Gasteiger partial charge is 0.471 e. The van der Waals surface area contributed by atoms with Crippen molar-refractivity contribution < 1.29 is 88.3 Å². The van der Waals surface area contributed by atoms with Crippen molar-refractivity contribution in [2.45, 2.75) is 152 Å². The maximum Gasteiger partial charge on any atom is 0.471 e. The van der Waals surface area contributed by atoms with Crippen LogP contribution < -0.4 is 16.8 Å². The molecule has 0 aromatic heterocycles. The van der Waals surface area contributed by atoms with E-state index in [2.05, 4.69) is 0 Å². The Hall–Kier alpha value is -0.0400. The van der Waals surface area contributed by atoms with Crippen LogP contribution in [0.1, 0.15) is 20.8 Å². The van der Waals surface area contributed by atoms with Crippen molar-refractivity contribution in [3.05, 3.63) is 0 Å². The van der Waals surface area contributed by atoms with Crippen LogP contribution >= 0.6 is 46.9 Å². The summed E-state index contributed by atoms with van der Waals surface area (Å²) >= 11 is 9.25. The molecule has 25 heteroatoms. The van der Waals surface area contributed by atoms with Crippen LogP contribution in [0.25, 0.3) is 0 Å². The number of rotatable bonds is 10. The lowest BCUT2D eigenvalue weighted by Crippen LogP contribution is -2.65. The molecule has 0 spiro atoms. The Morgan fingerprint density at radius 1 is 0.611 bits per heavy atom. The summed E-state index contributed by atoms with van der Waals surface area (Å²) in [5, 5.41) is 107. The molecular weight excluding hydrogens is 819 g/mol. The molecule has 0 aliphatic carbocycles. The molecule has 322 valence electrons. The third-order valence-corrected chi connectivity index (χ3v) is 11.6. The van der Waals surface area contributed by atoms with E-state index in [1.807, 2.05) is 0 Å². The molecule has 1 amide bonds. The van der Waals surface area contributed by atoms with Crippen LogP contribution in [0.15, 0.2) is 0 Å².